The van der Waals surface area contributed by atoms with Crippen molar-refractivity contribution in [3.8, 4) is 5.69 Å². The van der Waals surface area contributed by atoms with E-state index in [1.807, 2.05) is 66.1 Å². The Balaban J connectivity index is 1.76. The highest BCUT2D eigenvalue weighted by Gasteiger charge is 2.34. The maximum atomic E-state index is 12.3. The molecule has 3 heterocycles. The van der Waals surface area contributed by atoms with E-state index in [1.165, 1.54) is 11.2 Å². The SMILES string of the molecule is Cc1nnc2n1-c1ccccc1C(c1ccccc1)=NC2N(Cc1ccco1)C(=O)O. The molecule has 1 amide bonds. The fraction of sp³-hybridized carbons (Fsp3) is 0.130. The second-order valence-electron chi connectivity index (χ2n) is 7.17. The first-order valence-electron chi connectivity index (χ1n) is 9.80. The van der Waals surface area contributed by atoms with E-state index in [0.717, 1.165) is 16.8 Å². The minimum Gasteiger partial charge on any atom is -0.467 e. The Bertz CT molecular complexity index is 1260. The Hall–Kier alpha value is -4.20. The molecule has 0 spiro atoms. The van der Waals surface area contributed by atoms with E-state index < -0.39 is 12.3 Å². The van der Waals surface area contributed by atoms with E-state index in [9.17, 15) is 9.90 Å². The summed E-state index contributed by atoms with van der Waals surface area (Å²) in [7, 11) is 0. The Morgan fingerprint density at radius 1 is 1.06 bits per heavy atom. The number of nitrogens with zero attached hydrogens (tertiary/aromatic N) is 5. The van der Waals surface area contributed by atoms with Crippen LogP contribution in [-0.2, 0) is 6.54 Å². The van der Waals surface area contributed by atoms with E-state index in [2.05, 4.69) is 10.2 Å². The molecule has 31 heavy (non-hydrogen) atoms. The third-order valence-electron chi connectivity index (χ3n) is 5.23. The van der Waals surface area contributed by atoms with Gasteiger partial charge in [0.25, 0.3) is 0 Å². The third kappa shape index (κ3) is 3.28. The van der Waals surface area contributed by atoms with Crippen LogP contribution in [0, 0.1) is 6.92 Å². The molecule has 2 aromatic heterocycles. The van der Waals surface area contributed by atoms with Crippen LogP contribution in [0.3, 0.4) is 0 Å². The number of fused-ring (bicyclic) bond motifs is 3. The van der Waals surface area contributed by atoms with Crippen LogP contribution >= 0.6 is 0 Å². The Labute approximate surface area is 178 Å². The van der Waals surface area contributed by atoms with Crippen LogP contribution in [0.5, 0.6) is 0 Å². The minimum absolute atomic E-state index is 0.0286. The third-order valence-corrected chi connectivity index (χ3v) is 5.23. The van der Waals surface area contributed by atoms with Gasteiger partial charge in [0.05, 0.1) is 24.2 Å². The zero-order valence-electron chi connectivity index (χ0n) is 16.7. The predicted octanol–water partition coefficient (Wildman–Crippen LogP) is 4.20. The van der Waals surface area contributed by atoms with Crippen LogP contribution in [0.25, 0.3) is 5.69 Å². The Kier molecular flexibility index (Phi) is 4.59. The molecular formula is C23H19N5O3. The summed E-state index contributed by atoms with van der Waals surface area (Å²) in [6, 6.07) is 21.0. The maximum Gasteiger partial charge on any atom is 0.409 e. The molecule has 0 bridgehead atoms. The molecule has 1 atom stereocenters. The molecule has 4 aromatic rings. The van der Waals surface area contributed by atoms with Crippen LogP contribution in [0.15, 0.2) is 82.4 Å². The lowest BCUT2D eigenvalue weighted by Gasteiger charge is -2.25. The van der Waals surface area contributed by atoms with Gasteiger partial charge >= 0.3 is 6.09 Å². The van der Waals surface area contributed by atoms with Gasteiger partial charge in [-0.1, -0.05) is 48.5 Å². The number of aliphatic imine (C=N–C) groups is 1. The van der Waals surface area contributed by atoms with E-state index in [-0.39, 0.29) is 6.54 Å². The van der Waals surface area contributed by atoms with Crippen molar-refractivity contribution in [3.63, 3.8) is 0 Å². The van der Waals surface area contributed by atoms with Gasteiger partial charge in [-0.25, -0.2) is 4.79 Å². The topological polar surface area (TPSA) is 96.8 Å². The number of para-hydroxylation sites is 1. The lowest BCUT2D eigenvalue weighted by atomic mass is 10.0. The van der Waals surface area contributed by atoms with Crippen molar-refractivity contribution in [2.75, 3.05) is 0 Å². The zero-order valence-corrected chi connectivity index (χ0v) is 16.7. The number of benzene rings is 2. The second-order valence-corrected chi connectivity index (χ2v) is 7.17. The number of hydrogen-bond acceptors (Lipinski definition) is 5. The summed E-state index contributed by atoms with van der Waals surface area (Å²) in [6.45, 7) is 1.87. The van der Waals surface area contributed by atoms with Crippen molar-refractivity contribution < 1.29 is 14.3 Å². The van der Waals surface area contributed by atoms with Crippen LogP contribution < -0.4 is 0 Å². The lowest BCUT2D eigenvalue weighted by Crippen LogP contribution is -2.34. The molecule has 1 aliphatic heterocycles. The smallest absolute Gasteiger partial charge is 0.409 e. The van der Waals surface area contributed by atoms with Gasteiger partial charge in [0, 0.05) is 11.1 Å². The molecule has 2 aromatic carbocycles. The number of aromatic nitrogens is 3. The van der Waals surface area contributed by atoms with Gasteiger partial charge in [0.15, 0.2) is 12.0 Å². The molecule has 1 N–H and O–H groups in total. The van der Waals surface area contributed by atoms with Gasteiger partial charge in [-0.2, -0.15) is 0 Å². The molecule has 0 saturated carbocycles. The van der Waals surface area contributed by atoms with Crippen molar-refractivity contribution >= 4 is 11.8 Å². The average molecular weight is 413 g/mol. The summed E-state index contributed by atoms with van der Waals surface area (Å²) in [6.07, 6.45) is -0.522. The van der Waals surface area contributed by atoms with Crippen LogP contribution in [0.1, 0.15) is 34.7 Å². The van der Waals surface area contributed by atoms with Crippen LogP contribution in [0.2, 0.25) is 0 Å². The second kappa shape index (κ2) is 7.56. The minimum atomic E-state index is -1.13. The summed E-state index contributed by atoms with van der Waals surface area (Å²) in [5.74, 6) is 1.61. The molecule has 0 saturated heterocycles. The van der Waals surface area contributed by atoms with Crippen molar-refractivity contribution in [1.82, 2.24) is 19.7 Å². The molecule has 0 aliphatic carbocycles. The quantitative estimate of drug-likeness (QED) is 0.541. The molecule has 154 valence electrons. The summed E-state index contributed by atoms with van der Waals surface area (Å²) in [5.41, 5.74) is 3.31. The normalized spacial score (nSPS) is 14.9. The van der Waals surface area contributed by atoms with Gasteiger partial charge in [-0.3, -0.25) is 14.5 Å². The van der Waals surface area contributed by atoms with Gasteiger partial charge in [0.2, 0.25) is 0 Å². The molecule has 8 heteroatoms. The Morgan fingerprint density at radius 2 is 1.84 bits per heavy atom. The average Bonchev–Trinajstić information content (AvgIpc) is 3.40. The number of amides is 1. The number of aryl methyl sites for hydroxylation is 1. The fourth-order valence-electron chi connectivity index (χ4n) is 3.83. The van der Waals surface area contributed by atoms with Gasteiger partial charge < -0.3 is 9.52 Å². The standard InChI is InChI=1S/C23H19N5O3/c1-15-25-26-22-21(27(23(29)30)14-17-10-7-13-31-17)24-20(16-8-3-2-4-9-16)18-11-5-6-12-19(18)28(15)22/h2-13,21H,14H2,1H3,(H,29,30). The summed E-state index contributed by atoms with van der Waals surface area (Å²) < 4.78 is 7.28. The molecule has 1 unspecified atom stereocenters. The number of carbonyl (C=O) groups is 1. The first kappa shape index (κ1) is 18.8. The highest BCUT2D eigenvalue weighted by atomic mass is 16.4. The largest absolute Gasteiger partial charge is 0.467 e. The molecule has 1 aliphatic rings. The Morgan fingerprint density at radius 3 is 2.58 bits per heavy atom. The molecule has 0 radical (unpaired) electrons. The molecule has 5 rings (SSSR count). The molecule has 0 fully saturated rings. The van der Waals surface area contributed by atoms with Crippen LogP contribution in [0.4, 0.5) is 4.79 Å². The first-order valence-corrected chi connectivity index (χ1v) is 9.80. The summed E-state index contributed by atoms with van der Waals surface area (Å²) in [5, 5.41) is 18.6. The zero-order chi connectivity index (χ0) is 21.4. The highest BCUT2D eigenvalue weighted by Crippen LogP contribution is 2.33. The van der Waals surface area contributed by atoms with Gasteiger partial charge in [-0.05, 0) is 25.1 Å². The fourth-order valence-corrected chi connectivity index (χ4v) is 3.83. The maximum absolute atomic E-state index is 12.3. The number of hydrogen-bond donors (Lipinski definition) is 1. The van der Waals surface area contributed by atoms with Crippen molar-refractivity contribution in [2.45, 2.75) is 19.6 Å². The number of rotatable bonds is 4. The van der Waals surface area contributed by atoms with Crippen molar-refractivity contribution in [3.05, 3.63) is 102 Å². The van der Waals surface area contributed by atoms with Crippen LogP contribution in [-0.4, -0.2) is 36.6 Å². The van der Waals surface area contributed by atoms with Crippen molar-refractivity contribution in [1.29, 1.82) is 0 Å². The number of furan rings is 1. The highest BCUT2D eigenvalue weighted by molar-refractivity contribution is 6.15. The predicted molar refractivity (Wildman–Crippen MR) is 113 cm³/mol. The molecule has 8 nitrogen and oxygen atoms in total. The van der Waals surface area contributed by atoms with Gasteiger partial charge in [-0.15, -0.1) is 10.2 Å². The van der Waals surface area contributed by atoms with Crippen molar-refractivity contribution in [2.24, 2.45) is 4.99 Å². The van der Waals surface area contributed by atoms with E-state index in [1.54, 1.807) is 12.1 Å². The van der Waals surface area contributed by atoms with E-state index >= 15 is 0 Å². The van der Waals surface area contributed by atoms with E-state index in [4.69, 9.17) is 9.41 Å². The lowest BCUT2D eigenvalue weighted by molar-refractivity contribution is 0.115. The monoisotopic (exact) mass is 413 g/mol. The number of carboxylic acid groups (broad SMARTS) is 1. The molecular weight excluding hydrogens is 394 g/mol. The summed E-state index contributed by atoms with van der Waals surface area (Å²) in [4.78, 5) is 18.5. The van der Waals surface area contributed by atoms with E-state index in [0.29, 0.717) is 23.1 Å². The summed E-state index contributed by atoms with van der Waals surface area (Å²) >= 11 is 0. The first-order chi connectivity index (χ1) is 15.1. The van der Waals surface area contributed by atoms with Gasteiger partial charge in [0.1, 0.15) is 11.6 Å².